The second-order valence-electron chi connectivity index (χ2n) is 3.03. The standard InChI is InChI=1S/C9H14N2O3/c10-2-8(13)9(14)7-1-6(5-12)3-11-4-7/h1,3-4,8-9,12-14H,2,5,10H2. The lowest BCUT2D eigenvalue weighted by atomic mass is 10.1. The van der Waals surface area contributed by atoms with E-state index in [9.17, 15) is 10.2 Å². The van der Waals surface area contributed by atoms with Crippen molar-refractivity contribution in [3.8, 4) is 0 Å². The van der Waals surface area contributed by atoms with Crippen molar-refractivity contribution in [2.75, 3.05) is 6.54 Å². The number of rotatable bonds is 4. The summed E-state index contributed by atoms with van der Waals surface area (Å²) >= 11 is 0. The number of pyridine rings is 1. The number of aliphatic hydroxyl groups excluding tert-OH is 3. The van der Waals surface area contributed by atoms with Crippen LogP contribution in [0.5, 0.6) is 0 Å². The molecule has 0 radical (unpaired) electrons. The summed E-state index contributed by atoms with van der Waals surface area (Å²) in [5.74, 6) is 0. The Bertz CT molecular complexity index is 293. The molecule has 14 heavy (non-hydrogen) atoms. The minimum atomic E-state index is -1.06. The Morgan fingerprint density at radius 2 is 2.07 bits per heavy atom. The summed E-state index contributed by atoms with van der Waals surface area (Å²) in [5.41, 5.74) is 6.24. The second-order valence-corrected chi connectivity index (χ2v) is 3.03. The van der Waals surface area contributed by atoms with Crippen LogP contribution in [0.3, 0.4) is 0 Å². The fourth-order valence-corrected chi connectivity index (χ4v) is 1.11. The van der Waals surface area contributed by atoms with Gasteiger partial charge in [-0.1, -0.05) is 0 Å². The largest absolute Gasteiger partial charge is 0.392 e. The molecule has 0 spiro atoms. The molecule has 5 N–H and O–H groups in total. The van der Waals surface area contributed by atoms with E-state index in [4.69, 9.17) is 10.8 Å². The summed E-state index contributed by atoms with van der Waals surface area (Å²) in [5, 5.41) is 27.7. The van der Waals surface area contributed by atoms with E-state index in [1.807, 2.05) is 0 Å². The Balaban J connectivity index is 2.83. The van der Waals surface area contributed by atoms with Crippen LogP contribution in [-0.2, 0) is 6.61 Å². The van der Waals surface area contributed by atoms with Gasteiger partial charge in [-0.15, -0.1) is 0 Å². The van der Waals surface area contributed by atoms with E-state index in [1.165, 1.54) is 12.4 Å². The Morgan fingerprint density at radius 1 is 1.36 bits per heavy atom. The maximum Gasteiger partial charge on any atom is 0.108 e. The van der Waals surface area contributed by atoms with Gasteiger partial charge in [0.1, 0.15) is 6.10 Å². The predicted octanol–water partition coefficient (Wildman–Crippen LogP) is -1.07. The number of hydrogen-bond acceptors (Lipinski definition) is 5. The number of aromatic nitrogens is 1. The molecule has 0 bridgehead atoms. The van der Waals surface area contributed by atoms with Crippen molar-refractivity contribution >= 4 is 0 Å². The van der Waals surface area contributed by atoms with Gasteiger partial charge in [-0.25, -0.2) is 0 Å². The van der Waals surface area contributed by atoms with Crippen LogP contribution in [0.15, 0.2) is 18.5 Å². The summed E-state index contributed by atoms with van der Waals surface area (Å²) in [6, 6.07) is 1.58. The fourth-order valence-electron chi connectivity index (χ4n) is 1.11. The number of nitrogens with zero attached hydrogens (tertiary/aromatic N) is 1. The molecule has 2 unspecified atom stereocenters. The molecule has 0 saturated carbocycles. The minimum absolute atomic E-state index is 0.0233. The van der Waals surface area contributed by atoms with Gasteiger partial charge in [-0.3, -0.25) is 4.98 Å². The van der Waals surface area contributed by atoms with E-state index < -0.39 is 12.2 Å². The maximum atomic E-state index is 9.56. The third-order valence-corrected chi connectivity index (χ3v) is 1.95. The molecule has 0 saturated heterocycles. The Kier molecular flexibility index (Phi) is 3.97. The molecular weight excluding hydrogens is 184 g/mol. The van der Waals surface area contributed by atoms with Gasteiger partial charge < -0.3 is 21.1 Å². The van der Waals surface area contributed by atoms with Gasteiger partial charge in [-0.05, 0) is 11.6 Å². The highest BCUT2D eigenvalue weighted by molar-refractivity contribution is 5.20. The van der Waals surface area contributed by atoms with Gasteiger partial charge in [0.25, 0.3) is 0 Å². The highest BCUT2D eigenvalue weighted by Crippen LogP contribution is 2.16. The lowest BCUT2D eigenvalue weighted by Crippen LogP contribution is -2.27. The summed E-state index contributed by atoms with van der Waals surface area (Å²) in [7, 11) is 0. The van der Waals surface area contributed by atoms with Crippen LogP contribution in [0.25, 0.3) is 0 Å². The fraction of sp³-hybridized carbons (Fsp3) is 0.444. The average Bonchev–Trinajstić information content (AvgIpc) is 2.27. The molecule has 0 aliphatic heterocycles. The first kappa shape index (κ1) is 11.1. The van der Waals surface area contributed by atoms with E-state index in [1.54, 1.807) is 6.07 Å². The molecule has 0 aromatic carbocycles. The van der Waals surface area contributed by atoms with Gasteiger partial charge in [0.05, 0.1) is 12.7 Å². The van der Waals surface area contributed by atoms with Gasteiger partial charge in [-0.2, -0.15) is 0 Å². The van der Waals surface area contributed by atoms with Gasteiger partial charge in [0.2, 0.25) is 0 Å². The van der Waals surface area contributed by atoms with Crippen LogP contribution in [0.4, 0.5) is 0 Å². The second kappa shape index (κ2) is 5.02. The zero-order valence-electron chi connectivity index (χ0n) is 7.67. The summed E-state index contributed by atoms with van der Waals surface area (Å²) in [6.07, 6.45) is 0.859. The average molecular weight is 198 g/mol. The van der Waals surface area contributed by atoms with E-state index in [-0.39, 0.29) is 13.2 Å². The Labute approximate surface area is 81.8 Å². The topological polar surface area (TPSA) is 99.6 Å². The van der Waals surface area contributed by atoms with Gasteiger partial charge in [0, 0.05) is 24.5 Å². The van der Waals surface area contributed by atoms with Gasteiger partial charge >= 0.3 is 0 Å². The van der Waals surface area contributed by atoms with E-state index in [0.29, 0.717) is 11.1 Å². The summed E-state index contributed by atoms with van der Waals surface area (Å²) in [6.45, 7) is -0.170. The smallest absolute Gasteiger partial charge is 0.108 e. The van der Waals surface area contributed by atoms with Crippen LogP contribution in [0.1, 0.15) is 17.2 Å². The first-order valence-electron chi connectivity index (χ1n) is 4.30. The summed E-state index contributed by atoms with van der Waals surface area (Å²) in [4.78, 5) is 3.82. The molecule has 0 amide bonds. The van der Waals surface area contributed by atoms with Crippen molar-refractivity contribution in [2.45, 2.75) is 18.8 Å². The van der Waals surface area contributed by atoms with Crippen LogP contribution in [0, 0.1) is 0 Å². The zero-order chi connectivity index (χ0) is 10.6. The van der Waals surface area contributed by atoms with Gasteiger partial charge in [0.15, 0.2) is 0 Å². The van der Waals surface area contributed by atoms with Crippen molar-refractivity contribution in [1.82, 2.24) is 4.98 Å². The molecule has 5 nitrogen and oxygen atoms in total. The number of aliphatic hydroxyl groups is 3. The minimum Gasteiger partial charge on any atom is -0.392 e. The molecule has 0 aliphatic rings. The SMILES string of the molecule is NCC(O)C(O)c1cncc(CO)c1. The molecule has 2 atom stereocenters. The molecular formula is C9H14N2O3. The van der Waals surface area contributed by atoms with Crippen LogP contribution in [-0.4, -0.2) is 33.0 Å². The predicted molar refractivity (Wildman–Crippen MR) is 50.2 cm³/mol. The third-order valence-electron chi connectivity index (χ3n) is 1.95. The Hall–Kier alpha value is -1.01. The number of nitrogens with two attached hydrogens (primary N) is 1. The molecule has 0 aliphatic carbocycles. The molecule has 1 aromatic heterocycles. The first-order chi connectivity index (χ1) is 6.69. The Morgan fingerprint density at radius 3 is 2.64 bits per heavy atom. The molecule has 5 heteroatoms. The van der Waals surface area contributed by atoms with Crippen molar-refractivity contribution < 1.29 is 15.3 Å². The van der Waals surface area contributed by atoms with E-state index in [2.05, 4.69) is 4.98 Å². The third kappa shape index (κ3) is 2.49. The molecule has 1 rings (SSSR count). The van der Waals surface area contributed by atoms with Crippen LogP contribution in [0.2, 0.25) is 0 Å². The monoisotopic (exact) mass is 198 g/mol. The quantitative estimate of drug-likeness (QED) is 0.493. The van der Waals surface area contributed by atoms with Crippen LogP contribution < -0.4 is 5.73 Å². The maximum absolute atomic E-state index is 9.56. The van der Waals surface area contributed by atoms with Crippen LogP contribution >= 0.6 is 0 Å². The lowest BCUT2D eigenvalue weighted by Gasteiger charge is -2.16. The first-order valence-corrected chi connectivity index (χ1v) is 4.30. The molecule has 0 fully saturated rings. The molecule has 1 aromatic rings. The van der Waals surface area contributed by atoms with Crippen molar-refractivity contribution in [3.63, 3.8) is 0 Å². The lowest BCUT2D eigenvalue weighted by molar-refractivity contribution is 0.0240. The van der Waals surface area contributed by atoms with Crippen molar-refractivity contribution in [3.05, 3.63) is 29.6 Å². The molecule has 78 valence electrons. The zero-order valence-corrected chi connectivity index (χ0v) is 7.67. The molecule has 1 heterocycles. The normalized spacial score (nSPS) is 15.1. The highest BCUT2D eigenvalue weighted by atomic mass is 16.3. The van der Waals surface area contributed by atoms with E-state index in [0.717, 1.165) is 0 Å². The van der Waals surface area contributed by atoms with Crippen molar-refractivity contribution in [1.29, 1.82) is 0 Å². The van der Waals surface area contributed by atoms with E-state index >= 15 is 0 Å². The van der Waals surface area contributed by atoms with Crippen molar-refractivity contribution in [2.24, 2.45) is 5.73 Å². The number of hydrogen-bond donors (Lipinski definition) is 4. The summed E-state index contributed by atoms with van der Waals surface area (Å²) < 4.78 is 0. The highest BCUT2D eigenvalue weighted by Gasteiger charge is 2.17.